The molecule has 4 nitrogen and oxygen atoms in total. The van der Waals surface area contributed by atoms with Crippen LogP contribution in [0.1, 0.15) is 26.2 Å². The summed E-state index contributed by atoms with van der Waals surface area (Å²) < 4.78 is 4.65. The summed E-state index contributed by atoms with van der Waals surface area (Å²) >= 11 is 0. The van der Waals surface area contributed by atoms with Gasteiger partial charge < -0.3 is 4.74 Å². The molecule has 0 aromatic heterocycles. The van der Waals surface area contributed by atoms with Gasteiger partial charge in [0, 0.05) is 13.3 Å². The molecule has 0 radical (unpaired) electrons. The zero-order valence-corrected chi connectivity index (χ0v) is 6.83. The topological polar surface area (TPSA) is 60.4 Å². The van der Waals surface area contributed by atoms with Gasteiger partial charge in [0.05, 0.1) is 0 Å². The number of ketones is 2. The molecule has 1 unspecified atom stereocenters. The molecule has 1 fully saturated rings. The molecule has 12 heavy (non-hydrogen) atoms. The largest absolute Gasteiger partial charge is 0.449 e. The molecule has 66 valence electrons. The van der Waals surface area contributed by atoms with Crippen molar-refractivity contribution < 1.29 is 19.1 Å². The number of ether oxygens (including phenoxy) is 1. The highest BCUT2D eigenvalue weighted by Gasteiger charge is 2.28. The first-order chi connectivity index (χ1) is 5.61. The van der Waals surface area contributed by atoms with E-state index in [1.807, 2.05) is 0 Å². The van der Waals surface area contributed by atoms with E-state index >= 15 is 0 Å². The van der Waals surface area contributed by atoms with Crippen LogP contribution in [0.2, 0.25) is 0 Å². The average Bonchev–Trinajstić information content (AvgIpc) is 2.36. The van der Waals surface area contributed by atoms with Crippen LogP contribution in [-0.2, 0) is 19.1 Å². The maximum Gasteiger partial charge on any atom is 0.374 e. The summed E-state index contributed by atoms with van der Waals surface area (Å²) in [5.41, 5.74) is 0. The summed E-state index contributed by atoms with van der Waals surface area (Å²) in [7, 11) is 0. The molecule has 0 aliphatic heterocycles. The number of hydrogen-bond donors (Lipinski definition) is 0. The predicted molar refractivity (Wildman–Crippen MR) is 39.4 cm³/mol. The smallest absolute Gasteiger partial charge is 0.374 e. The second-order valence-electron chi connectivity index (χ2n) is 2.81. The van der Waals surface area contributed by atoms with Gasteiger partial charge in [0.1, 0.15) is 0 Å². The molecule has 1 atom stereocenters. The summed E-state index contributed by atoms with van der Waals surface area (Å²) in [5, 5.41) is 0. The molecule has 0 aromatic carbocycles. The minimum atomic E-state index is -0.907. The van der Waals surface area contributed by atoms with E-state index in [-0.39, 0.29) is 5.78 Å². The van der Waals surface area contributed by atoms with Crippen molar-refractivity contribution in [3.63, 3.8) is 0 Å². The van der Waals surface area contributed by atoms with Gasteiger partial charge in [-0.3, -0.25) is 9.59 Å². The lowest BCUT2D eigenvalue weighted by Gasteiger charge is -2.07. The lowest BCUT2D eigenvalue weighted by molar-refractivity contribution is -0.159. The van der Waals surface area contributed by atoms with Gasteiger partial charge in [0.25, 0.3) is 0 Å². The van der Waals surface area contributed by atoms with Gasteiger partial charge in [-0.15, -0.1) is 0 Å². The Kier molecular flexibility index (Phi) is 2.58. The Labute approximate surface area is 69.9 Å². The van der Waals surface area contributed by atoms with E-state index in [1.54, 1.807) is 0 Å². The fraction of sp³-hybridized carbons (Fsp3) is 0.625. The molecule has 4 heteroatoms. The SMILES string of the molecule is CC(=O)C(=O)OC1CCCC1=O. The summed E-state index contributed by atoms with van der Waals surface area (Å²) in [5.74, 6) is -1.64. The second-order valence-corrected chi connectivity index (χ2v) is 2.81. The van der Waals surface area contributed by atoms with E-state index < -0.39 is 17.9 Å². The molecule has 0 N–H and O–H groups in total. The highest BCUT2D eigenvalue weighted by Crippen LogP contribution is 2.17. The lowest BCUT2D eigenvalue weighted by Crippen LogP contribution is -2.25. The first-order valence-corrected chi connectivity index (χ1v) is 3.85. The maximum atomic E-state index is 10.9. The Morgan fingerprint density at radius 2 is 2.17 bits per heavy atom. The van der Waals surface area contributed by atoms with Crippen molar-refractivity contribution in [2.75, 3.05) is 0 Å². The maximum absolute atomic E-state index is 10.9. The molecule has 0 heterocycles. The third-order valence-electron chi connectivity index (χ3n) is 1.79. The predicted octanol–water partition coefficient (Wildman–Crippen LogP) is 0.240. The third kappa shape index (κ3) is 1.90. The normalized spacial score (nSPS) is 22.4. The monoisotopic (exact) mass is 170 g/mol. The summed E-state index contributed by atoms with van der Waals surface area (Å²) in [6.45, 7) is 1.13. The molecule has 0 saturated heterocycles. The molecule has 1 aliphatic carbocycles. The molecule has 0 amide bonds. The molecule has 0 aromatic rings. The Hall–Kier alpha value is -1.19. The molecule has 0 spiro atoms. The number of esters is 1. The van der Waals surface area contributed by atoms with Crippen LogP contribution in [0.15, 0.2) is 0 Å². The van der Waals surface area contributed by atoms with Crippen molar-refractivity contribution in [3.8, 4) is 0 Å². The van der Waals surface area contributed by atoms with Gasteiger partial charge in [0.2, 0.25) is 5.78 Å². The Bertz CT molecular complexity index is 231. The number of carbonyl (C=O) groups is 3. The third-order valence-corrected chi connectivity index (χ3v) is 1.79. The Balaban J connectivity index is 2.46. The van der Waals surface area contributed by atoms with Crippen LogP contribution in [-0.4, -0.2) is 23.6 Å². The van der Waals surface area contributed by atoms with Crippen molar-refractivity contribution in [2.24, 2.45) is 0 Å². The summed E-state index contributed by atoms with van der Waals surface area (Å²) in [6, 6.07) is 0. The average molecular weight is 170 g/mol. The van der Waals surface area contributed by atoms with Gasteiger partial charge in [-0.25, -0.2) is 4.79 Å². The molecule has 1 saturated carbocycles. The van der Waals surface area contributed by atoms with Crippen molar-refractivity contribution in [2.45, 2.75) is 32.3 Å². The highest BCUT2D eigenvalue weighted by molar-refractivity contribution is 6.32. The van der Waals surface area contributed by atoms with Crippen molar-refractivity contribution in [1.82, 2.24) is 0 Å². The first kappa shape index (κ1) is 8.90. The van der Waals surface area contributed by atoms with Gasteiger partial charge in [0.15, 0.2) is 11.9 Å². The molecular weight excluding hydrogens is 160 g/mol. The van der Waals surface area contributed by atoms with Gasteiger partial charge in [-0.1, -0.05) is 0 Å². The van der Waals surface area contributed by atoms with Crippen molar-refractivity contribution in [1.29, 1.82) is 0 Å². The standard InChI is InChI=1S/C8H10O4/c1-5(9)8(11)12-7-4-2-3-6(7)10/h7H,2-4H2,1H3. The van der Waals surface area contributed by atoms with E-state index in [9.17, 15) is 14.4 Å². The van der Waals surface area contributed by atoms with E-state index in [2.05, 4.69) is 4.74 Å². The highest BCUT2D eigenvalue weighted by atomic mass is 16.6. The van der Waals surface area contributed by atoms with E-state index in [1.165, 1.54) is 0 Å². The van der Waals surface area contributed by atoms with Crippen molar-refractivity contribution >= 4 is 17.5 Å². The van der Waals surface area contributed by atoms with Crippen LogP contribution < -0.4 is 0 Å². The minimum Gasteiger partial charge on any atom is -0.449 e. The zero-order chi connectivity index (χ0) is 9.14. The van der Waals surface area contributed by atoms with Crippen LogP contribution >= 0.6 is 0 Å². The molecule has 0 bridgehead atoms. The van der Waals surface area contributed by atoms with Gasteiger partial charge >= 0.3 is 5.97 Å². The lowest BCUT2D eigenvalue weighted by atomic mass is 10.3. The number of rotatable bonds is 2. The zero-order valence-electron chi connectivity index (χ0n) is 6.83. The first-order valence-electron chi connectivity index (χ1n) is 3.85. The number of carbonyl (C=O) groups excluding carboxylic acids is 3. The summed E-state index contributed by atoms with van der Waals surface area (Å²) in [6.07, 6.45) is 1.09. The minimum absolute atomic E-state index is 0.0791. The molecule has 1 aliphatic rings. The van der Waals surface area contributed by atoms with E-state index in [4.69, 9.17) is 0 Å². The van der Waals surface area contributed by atoms with Crippen molar-refractivity contribution in [3.05, 3.63) is 0 Å². The van der Waals surface area contributed by atoms with Crippen LogP contribution in [0.3, 0.4) is 0 Å². The van der Waals surface area contributed by atoms with Crippen LogP contribution in [0.25, 0.3) is 0 Å². The van der Waals surface area contributed by atoms with Gasteiger partial charge in [-0.05, 0) is 12.8 Å². The summed E-state index contributed by atoms with van der Waals surface area (Å²) in [4.78, 5) is 32.1. The van der Waals surface area contributed by atoms with Crippen LogP contribution in [0.5, 0.6) is 0 Å². The van der Waals surface area contributed by atoms with Crippen LogP contribution in [0.4, 0.5) is 0 Å². The number of Topliss-reactive ketones (excluding diaryl/α,β-unsaturated/α-hetero) is 2. The second kappa shape index (κ2) is 3.47. The molecular formula is C8H10O4. The van der Waals surface area contributed by atoms with E-state index in [0.717, 1.165) is 13.3 Å². The number of hydrogen-bond acceptors (Lipinski definition) is 4. The Morgan fingerprint density at radius 1 is 1.50 bits per heavy atom. The van der Waals surface area contributed by atoms with Gasteiger partial charge in [-0.2, -0.15) is 0 Å². The van der Waals surface area contributed by atoms with Crippen LogP contribution in [0, 0.1) is 0 Å². The van der Waals surface area contributed by atoms with E-state index in [0.29, 0.717) is 12.8 Å². The fourth-order valence-electron chi connectivity index (χ4n) is 1.12. The quantitative estimate of drug-likeness (QED) is 0.440. The Morgan fingerprint density at radius 3 is 2.58 bits per heavy atom. The molecule has 1 rings (SSSR count). The fourth-order valence-corrected chi connectivity index (χ4v) is 1.12.